The van der Waals surface area contributed by atoms with Crippen LogP contribution in [-0.4, -0.2) is 19.9 Å². The molecule has 0 amide bonds. The molecule has 0 unspecified atom stereocenters. The Kier molecular flexibility index (Phi) is 6.03. The van der Waals surface area contributed by atoms with Crippen LogP contribution in [0.3, 0.4) is 0 Å². The molecule has 32 heavy (non-hydrogen) atoms. The predicted molar refractivity (Wildman–Crippen MR) is 121 cm³/mol. The molecule has 0 bridgehead atoms. The fourth-order valence-corrected chi connectivity index (χ4v) is 2.82. The summed E-state index contributed by atoms with van der Waals surface area (Å²) in [5, 5.41) is 26.0. The number of pyridine rings is 1. The number of azo groups is 1. The van der Waals surface area contributed by atoms with Crippen LogP contribution in [0.2, 0.25) is 0 Å². The summed E-state index contributed by atoms with van der Waals surface area (Å²) in [6.07, 6.45) is 2.86. The largest absolute Gasteiger partial charge is 0.353 e. The van der Waals surface area contributed by atoms with Gasteiger partial charge < -0.3 is 10.6 Å². The van der Waals surface area contributed by atoms with E-state index < -0.39 is 4.92 Å². The lowest BCUT2D eigenvalue weighted by Crippen LogP contribution is -2.06. The molecule has 10 heteroatoms. The molecule has 4 rings (SSSR count). The van der Waals surface area contributed by atoms with Gasteiger partial charge in [-0.05, 0) is 61.0 Å². The third-order valence-corrected chi connectivity index (χ3v) is 4.33. The van der Waals surface area contributed by atoms with E-state index in [1.54, 1.807) is 36.5 Å². The Labute approximate surface area is 183 Å². The van der Waals surface area contributed by atoms with Crippen molar-refractivity contribution in [2.75, 3.05) is 10.6 Å². The summed E-state index contributed by atoms with van der Waals surface area (Å²) in [5.74, 6) is 0.545. The lowest BCUT2D eigenvalue weighted by Gasteiger charge is -2.10. The molecule has 0 saturated carbocycles. The highest BCUT2D eigenvalue weighted by molar-refractivity contribution is 5.76. The number of aryl methyl sites for hydroxylation is 1. The topological polar surface area (TPSA) is 131 Å². The van der Waals surface area contributed by atoms with Crippen molar-refractivity contribution in [3.63, 3.8) is 0 Å². The van der Waals surface area contributed by atoms with E-state index in [4.69, 9.17) is 0 Å². The summed E-state index contributed by atoms with van der Waals surface area (Å²) in [6, 6.07) is 19.9. The van der Waals surface area contributed by atoms with Crippen molar-refractivity contribution in [1.82, 2.24) is 15.0 Å². The Bertz CT molecular complexity index is 1260. The molecule has 0 spiro atoms. The van der Waals surface area contributed by atoms with Crippen LogP contribution in [0, 0.1) is 17.0 Å². The second-order valence-corrected chi connectivity index (χ2v) is 6.73. The van der Waals surface area contributed by atoms with Gasteiger partial charge in [-0.2, -0.15) is 10.2 Å². The van der Waals surface area contributed by atoms with Crippen molar-refractivity contribution in [2.45, 2.75) is 6.92 Å². The van der Waals surface area contributed by atoms with Gasteiger partial charge >= 0.3 is 5.69 Å². The lowest BCUT2D eigenvalue weighted by molar-refractivity contribution is -0.383. The Morgan fingerprint density at radius 2 is 1.50 bits per heavy atom. The number of benzene rings is 2. The van der Waals surface area contributed by atoms with Gasteiger partial charge in [0.2, 0.25) is 11.6 Å². The van der Waals surface area contributed by atoms with Gasteiger partial charge in [0.05, 0.1) is 16.3 Å². The van der Waals surface area contributed by atoms with Crippen molar-refractivity contribution in [1.29, 1.82) is 0 Å². The standard InChI is InChI=1S/C22H18N8O2/c1-15-11-12-23-19(13-15)27-22-20(30(31)32)21(24-14-25-22)26-16-7-9-18(10-8-16)29-28-17-5-3-2-4-6-17/h2-14H,1H3,(H2,23,24,25,26,27). The summed E-state index contributed by atoms with van der Waals surface area (Å²) < 4.78 is 0. The first-order valence-corrected chi connectivity index (χ1v) is 9.61. The van der Waals surface area contributed by atoms with E-state index in [2.05, 4.69) is 35.8 Å². The van der Waals surface area contributed by atoms with Crippen LogP contribution in [0.4, 0.5) is 40.2 Å². The third-order valence-electron chi connectivity index (χ3n) is 4.33. The highest BCUT2D eigenvalue weighted by Gasteiger charge is 2.23. The second kappa shape index (κ2) is 9.39. The molecule has 158 valence electrons. The molecule has 0 atom stereocenters. The molecule has 2 heterocycles. The maximum atomic E-state index is 11.8. The molecular weight excluding hydrogens is 408 g/mol. The normalized spacial score (nSPS) is 10.8. The summed E-state index contributed by atoms with van der Waals surface area (Å²) >= 11 is 0. The van der Waals surface area contributed by atoms with Crippen molar-refractivity contribution in [3.8, 4) is 0 Å². The van der Waals surface area contributed by atoms with E-state index in [1.165, 1.54) is 6.33 Å². The average molecular weight is 426 g/mol. The molecule has 0 aliphatic carbocycles. The molecule has 0 radical (unpaired) electrons. The van der Waals surface area contributed by atoms with Gasteiger partial charge in [-0.3, -0.25) is 10.1 Å². The SMILES string of the molecule is Cc1ccnc(Nc2ncnc(Nc3ccc(N=Nc4ccccc4)cc3)c2[N+](=O)[O-])c1. The number of anilines is 4. The molecule has 0 aliphatic heterocycles. The van der Waals surface area contributed by atoms with Gasteiger partial charge in [-0.15, -0.1) is 0 Å². The van der Waals surface area contributed by atoms with Gasteiger partial charge in [0.25, 0.3) is 0 Å². The van der Waals surface area contributed by atoms with E-state index in [-0.39, 0.29) is 17.3 Å². The zero-order valence-corrected chi connectivity index (χ0v) is 17.0. The van der Waals surface area contributed by atoms with Crippen LogP contribution >= 0.6 is 0 Å². The smallest absolute Gasteiger partial charge is 0.334 e. The quantitative estimate of drug-likeness (QED) is 0.211. The zero-order chi connectivity index (χ0) is 22.3. The molecular formula is C22H18N8O2. The summed E-state index contributed by atoms with van der Waals surface area (Å²) in [7, 11) is 0. The Morgan fingerprint density at radius 1 is 0.844 bits per heavy atom. The summed E-state index contributed by atoms with van der Waals surface area (Å²) in [6.45, 7) is 1.90. The number of aromatic nitrogens is 3. The van der Waals surface area contributed by atoms with Gasteiger partial charge in [0, 0.05) is 11.9 Å². The predicted octanol–water partition coefficient (Wildman–Crippen LogP) is 5.99. The van der Waals surface area contributed by atoms with Crippen molar-refractivity contribution >= 4 is 40.2 Å². The molecule has 2 aromatic carbocycles. The molecule has 10 nitrogen and oxygen atoms in total. The van der Waals surface area contributed by atoms with Gasteiger partial charge in [-0.25, -0.2) is 15.0 Å². The van der Waals surface area contributed by atoms with E-state index in [0.29, 0.717) is 17.2 Å². The fraction of sp³-hybridized carbons (Fsp3) is 0.0455. The van der Waals surface area contributed by atoms with Crippen LogP contribution in [-0.2, 0) is 0 Å². The monoisotopic (exact) mass is 426 g/mol. The Morgan fingerprint density at radius 3 is 2.16 bits per heavy atom. The van der Waals surface area contributed by atoms with Crippen LogP contribution < -0.4 is 10.6 Å². The van der Waals surface area contributed by atoms with Gasteiger partial charge in [0.1, 0.15) is 12.1 Å². The molecule has 4 aromatic rings. The van der Waals surface area contributed by atoms with Crippen LogP contribution in [0.15, 0.2) is 89.5 Å². The highest BCUT2D eigenvalue weighted by atomic mass is 16.6. The maximum Gasteiger partial charge on any atom is 0.353 e. The van der Waals surface area contributed by atoms with Gasteiger partial charge in [0.15, 0.2) is 0 Å². The van der Waals surface area contributed by atoms with Crippen molar-refractivity contribution in [3.05, 3.63) is 94.9 Å². The van der Waals surface area contributed by atoms with E-state index in [1.807, 2.05) is 43.3 Å². The molecule has 0 saturated heterocycles. The minimum absolute atomic E-state index is 0.0406. The second-order valence-electron chi connectivity index (χ2n) is 6.73. The van der Waals surface area contributed by atoms with Crippen LogP contribution in [0.5, 0.6) is 0 Å². The number of rotatable bonds is 7. The Hall–Kier alpha value is -4.73. The number of nitro groups is 1. The minimum atomic E-state index is -0.539. The molecule has 0 aliphatic rings. The first-order chi connectivity index (χ1) is 15.6. The van der Waals surface area contributed by atoms with Crippen molar-refractivity contribution in [2.24, 2.45) is 10.2 Å². The first kappa shape index (κ1) is 20.5. The number of hydrogen-bond acceptors (Lipinski definition) is 9. The number of hydrogen-bond donors (Lipinski definition) is 2. The average Bonchev–Trinajstić information content (AvgIpc) is 2.79. The lowest BCUT2D eigenvalue weighted by atomic mass is 10.2. The summed E-state index contributed by atoms with van der Waals surface area (Å²) in [4.78, 5) is 23.5. The van der Waals surface area contributed by atoms with Crippen LogP contribution in [0.25, 0.3) is 0 Å². The van der Waals surface area contributed by atoms with Gasteiger partial charge in [-0.1, -0.05) is 18.2 Å². The Balaban J connectivity index is 1.55. The minimum Gasteiger partial charge on any atom is -0.334 e. The zero-order valence-electron chi connectivity index (χ0n) is 17.0. The van der Waals surface area contributed by atoms with Crippen molar-refractivity contribution < 1.29 is 4.92 Å². The van der Waals surface area contributed by atoms with E-state index in [0.717, 1.165) is 11.3 Å². The fourth-order valence-electron chi connectivity index (χ4n) is 2.82. The highest BCUT2D eigenvalue weighted by Crippen LogP contribution is 2.33. The molecule has 0 fully saturated rings. The first-order valence-electron chi connectivity index (χ1n) is 9.61. The summed E-state index contributed by atoms with van der Waals surface area (Å²) in [5.41, 5.74) is 2.66. The molecule has 2 aromatic heterocycles. The van der Waals surface area contributed by atoms with Crippen LogP contribution in [0.1, 0.15) is 5.56 Å². The van der Waals surface area contributed by atoms with E-state index >= 15 is 0 Å². The number of nitrogens with zero attached hydrogens (tertiary/aromatic N) is 6. The van der Waals surface area contributed by atoms with E-state index in [9.17, 15) is 10.1 Å². The molecule has 2 N–H and O–H groups in total. The number of nitrogens with one attached hydrogen (secondary N) is 2. The maximum absolute atomic E-state index is 11.8. The third kappa shape index (κ3) is 5.05.